The quantitative estimate of drug-likeness (QED) is 0.434. The van der Waals surface area contributed by atoms with E-state index >= 15 is 0 Å². The molecule has 5 heterocycles. The van der Waals surface area contributed by atoms with Crippen LogP contribution in [-0.4, -0.2) is 83.4 Å². The van der Waals surface area contributed by atoms with E-state index in [0.717, 1.165) is 47.6 Å². The number of piperidine rings is 2. The summed E-state index contributed by atoms with van der Waals surface area (Å²) < 4.78 is 0. The lowest BCUT2D eigenvalue weighted by Crippen LogP contribution is -2.63. The lowest BCUT2D eigenvalue weighted by molar-refractivity contribution is -0.139. The van der Waals surface area contributed by atoms with Gasteiger partial charge < -0.3 is 20.5 Å². The first-order valence-corrected chi connectivity index (χ1v) is 13.1. The van der Waals surface area contributed by atoms with Crippen LogP contribution in [-0.2, 0) is 4.79 Å². The van der Waals surface area contributed by atoms with E-state index in [2.05, 4.69) is 26.0 Å². The Hall–Kier alpha value is -3.50. The molecule has 3 amide bonds. The molecule has 10 nitrogen and oxygen atoms in total. The van der Waals surface area contributed by atoms with Crippen molar-refractivity contribution in [2.75, 3.05) is 39.8 Å². The summed E-state index contributed by atoms with van der Waals surface area (Å²) in [6.45, 7) is 3.21. The first-order valence-electron chi connectivity index (χ1n) is 13.1. The van der Waals surface area contributed by atoms with Crippen LogP contribution in [0.25, 0.3) is 21.8 Å². The van der Waals surface area contributed by atoms with Crippen LogP contribution in [0.15, 0.2) is 36.7 Å². The Bertz CT molecular complexity index is 1350. The average Bonchev–Trinajstić information content (AvgIpc) is 3.55. The molecule has 0 saturated carbocycles. The zero-order valence-electron chi connectivity index (χ0n) is 21.0. The van der Waals surface area contributed by atoms with Crippen LogP contribution in [0.5, 0.6) is 0 Å². The number of H-pyrrole nitrogens is 1. The first kappa shape index (κ1) is 23.9. The van der Waals surface area contributed by atoms with Crippen molar-refractivity contribution < 1.29 is 14.4 Å². The topological polar surface area (TPSA) is 122 Å². The number of carbonyl (C=O) groups excluding carboxylic acids is 3. The number of carbonyl (C=O) groups is 3. The van der Waals surface area contributed by atoms with Gasteiger partial charge in [-0.25, -0.2) is 9.80 Å². The van der Waals surface area contributed by atoms with Crippen LogP contribution >= 0.6 is 0 Å². The van der Waals surface area contributed by atoms with E-state index < -0.39 is 5.41 Å². The molecule has 1 spiro atoms. The number of pyridine rings is 1. The van der Waals surface area contributed by atoms with Crippen molar-refractivity contribution in [3.8, 4) is 0 Å². The van der Waals surface area contributed by atoms with Crippen molar-refractivity contribution in [2.24, 2.45) is 11.3 Å². The lowest BCUT2D eigenvalue weighted by atomic mass is 9.73. The van der Waals surface area contributed by atoms with Gasteiger partial charge in [-0.2, -0.15) is 0 Å². The normalized spacial score (nSPS) is 25.3. The maximum atomic E-state index is 13.7. The number of hydrazine groups is 1. The Morgan fingerprint density at radius 2 is 1.95 bits per heavy atom. The molecular weight excluding hydrogens is 470 g/mol. The predicted octanol–water partition coefficient (Wildman–Crippen LogP) is 2.04. The van der Waals surface area contributed by atoms with Crippen LogP contribution in [0.2, 0.25) is 0 Å². The van der Waals surface area contributed by atoms with E-state index in [1.165, 1.54) is 0 Å². The van der Waals surface area contributed by atoms with E-state index in [-0.39, 0.29) is 29.7 Å². The van der Waals surface area contributed by atoms with Crippen LogP contribution < -0.4 is 16.1 Å². The highest BCUT2D eigenvalue weighted by molar-refractivity contribution is 6.14. The minimum atomic E-state index is -0.474. The summed E-state index contributed by atoms with van der Waals surface area (Å²) in [4.78, 5) is 48.8. The number of Topliss-reactive ketones (excluding diaryl/α,β-unsaturated/α-hetero) is 1. The second-order valence-corrected chi connectivity index (χ2v) is 10.6. The van der Waals surface area contributed by atoms with Gasteiger partial charge in [0.1, 0.15) is 5.78 Å². The maximum Gasteiger partial charge on any atom is 0.317 e. The van der Waals surface area contributed by atoms with E-state index in [4.69, 9.17) is 0 Å². The number of nitrogens with one attached hydrogen (secondary N) is 4. The highest BCUT2D eigenvalue weighted by Gasteiger charge is 2.50. The van der Waals surface area contributed by atoms with E-state index in [1.807, 2.05) is 34.2 Å². The third-order valence-electron chi connectivity index (χ3n) is 8.60. The molecule has 3 fully saturated rings. The summed E-state index contributed by atoms with van der Waals surface area (Å²) in [5.41, 5.74) is 4.92. The van der Waals surface area contributed by atoms with Gasteiger partial charge in [-0.15, -0.1) is 0 Å². The Morgan fingerprint density at radius 1 is 1.14 bits per heavy atom. The molecular formula is C27H33N7O3. The minimum Gasteiger partial charge on any atom is -0.354 e. The Morgan fingerprint density at radius 3 is 2.70 bits per heavy atom. The van der Waals surface area contributed by atoms with Crippen LogP contribution in [0, 0.1) is 11.3 Å². The zero-order chi connectivity index (χ0) is 25.6. The molecule has 6 rings (SSSR count). The van der Waals surface area contributed by atoms with E-state index in [9.17, 15) is 14.4 Å². The van der Waals surface area contributed by atoms with E-state index in [1.54, 1.807) is 19.4 Å². The van der Waals surface area contributed by atoms with Gasteiger partial charge in [0.25, 0.3) is 5.91 Å². The maximum absolute atomic E-state index is 13.7. The summed E-state index contributed by atoms with van der Waals surface area (Å²) in [6.07, 6.45) is 6.16. The third kappa shape index (κ3) is 4.14. The number of nitrogens with zero attached hydrogens (tertiary/aromatic N) is 3. The monoisotopic (exact) mass is 503 g/mol. The number of ketones is 1. The SMILES string of the molecule is CNC(=O)N1CCC(C2CC(=O)C3(CCNC3)CN2NC(=O)c2cncc3c2[nH]c2ccccc23)CC1. The van der Waals surface area contributed by atoms with Crippen molar-refractivity contribution in [1.82, 2.24) is 35.9 Å². The Balaban J connectivity index is 1.28. The number of benzene rings is 1. The number of aromatic nitrogens is 2. The number of urea groups is 1. The second-order valence-electron chi connectivity index (χ2n) is 10.6. The molecule has 3 saturated heterocycles. The van der Waals surface area contributed by atoms with Crippen LogP contribution in [0.1, 0.15) is 36.0 Å². The number of likely N-dealkylation sites (tertiary alicyclic amines) is 1. The summed E-state index contributed by atoms with van der Waals surface area (Å²) in [5, 5.41) is 10.0. The van der Waals surface area contributed by atoms with Crippen molar-refractivity contribution in [1.29, 1.82) is 0 Å². The molecule has 194 valence electrons. The molecule has 0 radical (unpaired) electrons. The number of hydrogen-bond acceptors (Lipinski definition) is 6. The molecule has 0 bridgehead atoms. The van der Waals surface area contributed by atoms with Gasteiger partial charge in [-0.1, -0.05) is 18.2 Å². The number of rotatable bonds is 3. The highest BCUT2D eigenvalue weighted by Crippen LogP contribution is 2.38. The number of aromatic amines is 1. The van der Waals surface area contributed by atoms with Gasteiger partial charge in [0.05, 0.1) is 16.5 Å². The fraction of sp³-hybridized carbons (Fsp3) is 0.481. The molecule has 3 aliphatic heterocycles. The molecule has 1 aromatic carbocycles. The summed E-state index contributed by atoms with van der Waals surface area (Å²) in [5.74, 6) is 0.257. The Labute approximate surface area is 215 Å². The summed E-state index contributed by atoms with van der Waals surface area (Å²) in [6, 6.07) is 7.77. The number of amides is 3. The fourth-order valence-corrected chi connectivity index (χ4v) is 6.48. The lowest BCUT2D eigenvalue weighted by Gasteiger charge is -2.48. The third-order valence-corrected chi connectivity index (χ3v) is 8.60. The standard InChI is InChI=1S/C27H33N7O3/c1-28-26(37)33-10-6-17(7-11-33)22-12-23(35)27(8-9-29-15-27)16-34(22)32-25(36)20-14-30-13-19-18-4-2-3-5-21(18)31-24(19)20/h2-5,13-14,17,22,29,31H,6-12,15-16H2,1H3,(H,28,37)(H,32,36). The van der Waals surface area contributed by atoms with Gasteiger partial charge in [-0.05, 0) is 37.8 Å². The number of hydrogen-bond donors (Lipinski definition) is 4. The molecule has 4 N–H and O–H groups in total. The largest absolute Gasteiger partial charge is 0.354 e. The van der Waals surface area contributed by atoms with Crippen LogP contribution in [0.3, 0.4) is 0 Å². The summed E-state index contributed by atoms with van der Waals surface area (Å²) >= 11 is 0. The second kappa shape index (κ2) is 9.42. The fourth-order valence-electron chi connectivity index (χ4n) is 6.48. The molecule has 37 heavy (non-hydrogen) atoms. The summed E-state index contributed by atoms with van der Waals surface area (Å²) in [7, 11) is 1.64. The first-order chi connectivity index (χ1) is 18.0. The number of fused-ring (bicyclic) bond motifs is 3. The number of para-hydroxylation sites is 1. The molecule has 3 aliphatic rings. The van der Waals surface area contributed by atoms with Gasteiger partial charge in [-0.3, -0.25) is 20.0 Å². The zero-order valence-corrected chi connectivity index (χ0v) is 21.0. The Kier molecular flexibility index (Phi) is 6.08. The molecule has 0 aliphatic carbocycles. The molecule has 2 aromatic heterocycles. The van der Waals surface area contributed by atoms with Gasteiger partial charge >= 0.3 is 6.03 Å². The van der Waals surface area contributed by atoms with Crippen LogP contribution in [0.4, 0.5) is 4.79 Å². The van der Waals surface area contributed by atoms with Crippen molar-refractivity contribution in [3.63, 3.8) is 0 Å². The van der Waals surface area contributed by atoms with Crippen molar-refractivity contribution in [2.45, 2.75) is 31.7 Å². The molecule has 2 unspecified atom stereocenters. The van der Waals surface area contributed by atoms with Gasteiger partial charge in [0, 0.05) is 74.4 Å². The molecule has 2 atom stereocenters. The van der Waals surface area contributed by atoms with E-state index in [0.29, 0.717) is 38.2 Å². The average molecular weight is 504 g/mol. The predicted molar refractivity (Wildman–Crippen MR) is 140 cm³/mol. The van der Waals surface area contributed by atoms with Gasteiger partial charge in [0.15, 0.2) is 0 Å². The molecule has 3 aromatic rings. The van der Waals surface area contributed by atoms with Gasteiger partial charge in [0.2, 0.25) is 0 Å². The molecule has 10 heteroatoms. The highest BCUT2D eigenvalue weighted by atomic mass is 16.2. The van der Waals surface area contributed by atoms with Crippen molar-refractivity contribution in [3.05, 3.63) is 42.2 Å². The minimum absolute atomic E-state index is 0.0711. The smallest absolute Gasteiger partial charge is 0.317 e. The van der Waals surface area contributed by atoms with Crippen molar-refractivity contribution >= 4 is 39.5 Å².